The van der Waals surface area contributed by atoms with Gasteiger partial charge in [0.05, 0.1) is 12.8 Å². The fourth-order valence-corrected chi connectivity index (χ4v) is 2.55. The first-order valence-corrected chi connectivity index (χ1v) is 7.68. The summed E-state index contributed by atoms with van der Waals surface area (Å²) >= 11 is 0. The van der Waals surface area contributed by atoms with E-state index >= 15 is 0 Å². The van der Waals surface area contributed by atoms with Crippen LogP contribution in [0.5, 0.6) is 5.75 Å². The van der Waals surface area contributed by atoms with Crippen molar-refractivity contribution in [2.45, 2.75) is 4.90 Å². The van der Waals surface area contributed by atoms with E-state index in [2.05, 4.69) is 10.3 Å². The van der Waals surface area contributed by atoms with E-state index in [0.29, 0.717) is 11.6 Å². The lowest BCUT2D eigenvalue weighted by atomic mass is 10.3. The Bertz CT molecular complexity index is 712. The van der Waals surface area contributed by atoms with Crippen molar-refractivity contribution in [3.63, 3.8) is 0 Å². The van der Waals surface area contributed by atoms with Crippen LogP contribution in [0.15, 0.2) is 47.5 Å². The van der Waals surface area contributed by atoms with Crippen LogP contribution in [0.1, 0.15) is 0 Å². The van der Waals surface area contributed by atoms with Gasteiger partial charge in [-0.1, -0.05) is 12.1 Å². The van der Waals surface area contributed by atoms with Gasteiger partial charge in [-0.25, -0.2) is 17.7 Å². The summed E-state index contributed by atoms with van der Waals surface area (Å²) in [6.45, 7) is 0. The number of hydrogen-bond acceptors (Lipinski definition) is 5. The molecule has 0 aliphatic rings. The van der Waals surface area contributed by atoms with Gasteiger partial charge in [-0.15, -0.1) is 0 Å². The van der Waals surface area contributed by atoms with Crippen LogP contribution in [0.2, 0.25) is 0 Å². The molecular formula is C14H17N3O3S. The van der Waals surface area contributed by atoms with Gasteiger partial charge in [0.25, 0.3) is 0 Å². The molecule has 112 valence electrons. The molecule has 0 saturated carbocycles. The van der Waals surface area contributed by atoms with Crippen LogP contribution >= 0.6 is 0 Å². The van der Waals surface area contributed by atoms with Crippen LogP contribution in [0.3, 0.4) is 0 Å². The van der Waals surface area contributed by atoms with Crippen molar-refractivity contribution < 1.29 is 13.2 Å². The third kappa shape index (κ3) is 3.32. The number of pyridine rings is 1. The molecule has 0 radical (unpaired) electrons. The number of methoxy groups -OCH3 is 1. The van der Waals surface area contributed by atoms with Crippen LogP contribution in [-0.2, 0) is 10.0 Å². The Morgan fingerprint density at radius 1 is 1.14 bits per heavy atom. The normalized spacial score (nSPS) is 11.4. The summed E-state index contributed by atoms with van der Waals surface area (Å²) in [6, 6.07) is 10.5. The molecule has 0 amide bonds. The standard InChI is InChI=1S/C14H17N3O3S/c1-17(2)21(18,19)11-8-9-14(15-10-11)16-12-6-4-5-7-13(12)20-3/h4-10H,1-3H3,(H,15,16). The van der Waals surface area contributed by atoms with Crippen molar-refractivity contribution in [3.05, 3.63) is 42.6 Å². The minimum absolute atomic E-state index is 0.151. The van der Waals surface area contributed by atoms with Crippen LogP contribution in [-0.4, -0.2) is 38.9 Å². The van der Waals surface area contributed by atoms with Crippen LogP contribution in [0.4, 0.5) is 11.5 Å². The largest absolute Gasteiger partial charge is 0.495 e. The molecule has 0 aliphatic carbocycles. The van der Waals surface area contributed by atoms with E-state index in [-0.39, 0.29) is 4.90 Å². The highest BCUT2D eigenvalue weighted by atomic mass is 32.2. The topological polar surface area (TPSA) is 71.5 Å². The second kappa shape index (κ2) is 6.11. The second-order valence-corrected chi connectivity index (χ2v) is 6.64. The Morgan fingerprint density at radius 3 is 2.43 bits per heavy atom. The van der Waals surface area contributed by atoms with Gasteiger partial charge in [0.2, 0.25) is 10.0 Å². The Morgan fingerprint density at radius 2 is 1.86 bits per heavy atom. The van der Waals surface area contributed by atoms with Crippen LogP contribution < -0.4 is 10.1 Å². The second-order valence-electron chi connectivity index (χ2n) is 4.49. The number of aromatic nitrogens is 1. The molecule has 6 nitrogen and oxygen atoms in total. The quantitative estimate of drug-likeness (QED) is 0.915. The average Bonchev–Trinajstić information content (AvgIpc) is 2.48. The lowest BCUT2D eigenvalue weighted by Crippen LogP contribution is -2.22. The minimum Gasteiger partial charge on any atom is -0.495 e. The zero-order chi connectivity index (χ0) is 15.5. The third-order valence-corrected chi connectivity index (χ3v) is 4.68. The van der Waals surface area contributed by atoms with Gasteiger partial charge in [-0.05, 0) is 24.3 Å². The van der Waals surface area contributed by atoms with Gasteiger partial charge >= 0.3 is 0 Å². The van der Waals surface area contributed by atoms with E-state index in [9.17, 15) is 8.42 Å². The van der Waals surface area contributed by atoms with Crippen LogP contribution in [0.25, 0.3) is 0 Å². The Hall–Kier alpha value is -2.12. The monoisotopic (exact) mass is 307 g/mol. The van der Waals surface area contributed by atoms with E-state index in [1.165, 1.54) is 26.4 Å². The molecule has 0 saturated heterocycles. The van der Waals surface area contributed by atoms with Crippen molar-refractivity contribution in [1.82, 2.24) is 9.29 Å². The molecule has 0 spiro atoms. The summed E-state index contributed by atoms with van der Waals surface area (Å²) in [5, 5.41) is 3.09. The van der Waals surface area contributed by atoms with Gasteiger partial charge in [0, 0.05) is 20.3 Å². The van der Waals surface area contributed by atoms with E-state index in [0.717, 1.165) is 9.99 Å². The number of nitrogens with zero attached hydrogens (tertiary/aromatic N) is 2. The molecule has 7 heteroatoms. The van der Waals surface area contributed by atoms with Gasteiger partial charge in [-0.2, -0.15) is 0 Å². The van der Waals surface area contributed by atoms with Gasteiger partial charge in [0.15, 0.2) is 0 Å². The smallest absolute Gasteiger partial charge is 0.244 e. The number of sulfonamides is 1. The number of ether oxygens (including phenoxy) is 1. The third-order valence-electron chi connectivity index (χ3n) is 2.88. The van der Waals surface area contributed by atoms with Crippen molar-refractivity contribution in [2.24, 2.45) is 0 Å². The maximum absolute atomic E-state index is 11.9. The Balaban J connectivity index is 2.24. The number of hydrogen-bond donors (Lipinski definition) is 1. The van der Waals surface area contributed by atoms with Crippen molar-refractivity contribution in [2.75, 3.05) is 26.5 Å². The number of rotatable bonds is 5. The summed E-state index contributed by atoms with van der Waals surface area (Å²) in [7, 11) is 1.09. The number of nitrogens with one attached hydrogen (secondary N) is 1. The predicted molar refractivity (Wildman–Crippen MR) is 81.4 cm³/mol. The zero-order valence-electron chi connectivity index (χ0n) is 12.1. The highest BCUT2D eigenvalue weighted by molar-refractivity contribution is 7.89. The molecule has 0 atom stereocenters. The first-order valence-electron chi connectivity index (χ1n) is 6.24. The average molecular weight is 307 g/mol. The summed E-state index contributed by atoms with van der Waals surface area (Å²) in [5.74, 6) is 1.22. The number of para-hydroxylation sites is 2. The first kappa shape index (κ1) is 15.3. The van der Waals surface area contributed by atoms with E-state index in [1.807, 2.05) is 24.3 Å². The maximum atomic E-state index is 11.9. The van der Waals surface area contributed by atoms with Gasteiger partial charge < -0.3 is 10.1 Å². The fourth-order valence-electron chi connectivity index (χ4n) is 1.70. The molecule has 1 aromatic heterocycles. The first-order chi connectivity index (χ1) is 9.95. The zero-order valence-corrected chi connectivity index (χ0v) is 12.9. The van der Waals surface area contributed by atoms with Crippen LogP contribution in [0, 0.1) is 0 Å². The molecule has 0 unspecified atom stereocenters. The molecule has 1 aromatic carbocycles. The molecule has 1 N–H and O–H groups in total. The lowest BCUT2D eigenvalue weighted by Gasteiger charge is -2.12. The fraction of sp³-hybridized carbons (Fsp3) is 0.214. The van der Waals surface area contributed by atoms with Crippen molar-refractivity contribution in [3.8, 4) is 5.75 Å². The molecule has 0 fully saturated rings. The molecule has 2 rings (SSSR count). The molecule has 0 bridgehead atoms. The molecular weight excluding hydrogens is 290 g/mol. The van der Waals surface area contributed by atoms with Gasteiger partial charge in [0.1, 0.15) is 16.5 Å². The van der Waals surface area contributed by atoms with Crippen molar-refractivity contribution in [1.29, 1.82) is 0 Å². The lowest BCUT2D eigenvalue weighted by molar-refractivity contribution is 0.417. The van der Waals surface area contributed by atoms with Gasteiger partial charge in [-0.3, -0.25) is 0 Å². The predicted octanol–water partition coefficient (Wildman–Crippen LogP) is 2.08. The maximum Gasteiger partial charge on any atom is 0.244 e. The van der Waals surface area contributed by atoms with Crippen molar-refractivity contribution >= 4 is 21.5 Å². The highest BCUT2D eigenvalue weighted by Gasteiger charge is 2.17. The van der Waals surface area contributed by atoms with E-state index in [4.69, 9.17) is 4.74 Å². The summed E-state index contributed by atoms with van der Waals surface area (Å²) in [6.07, 6.45) is 1.33. The molecule has 21 heavy (non-hydrogen) atoms. The molecule has 0 aliphatic heterocycles. The minimum atomic E-state index is -3.46. The molecule has 1 heterocycles. The number of benzene rings is 1. The van der Waals surface area contributed by atoms with E-state index in [1.54, 1.807) is 13.2 Å². The van der Waals surface area contributed by atoms with E-state index < -0.39 is 10.0 Å². The summed E-state index contributed by atoms with van der Waals surface area (Å²) < 4.78 is 30.3. The Labute approximate surface area is 124 Å². The SMILES string of the molecule is COc1ccccc1Nc1ccc(S(=O)(=O)N(C)C)cn1. The summed E-state index contributed by atoms with van der Waals surface area (Å²) in [5.41, 5.74) is 0.760. The number of anilines is 2. The Kier molecular flexibility index (Phi) is 4.44. The molecule has 2 aromatic rings. The highest BCUT2D eigenvalue weighted by Crippen LogP contribution is 2.26. The summed E-state index contributed by atoms with van der Waals surface area (Å²) in [4.78, 5) is 4.28.